The lowest BCUT2D eigenvalue weighted by Crippen LogP contribution is -2.60. The minimum atomic E-state index is -1.66. The van der Waals surface area contributed by atoms with Crippen molar-refractivity contribution in [3.8, 4) is 0 Å². The average Bonchev–Trinajstić information content (AvgIpc) is 3.04. The van der Waals surface area contributed by atoms with Gasteiger partial charge in [0.25, 0.3) is 0 Å². The van der Waals surface area contributed by atoms with Gasteiger partial charge in [0, 0.05) is 37.4 Å². The van der Waals surface area contributed by atoms with Gasteiger partial charge in [-0.25, -0.2) is 0 Å². The van der Waals surface area contributed by atoms with Crippen LogP contribution in [0.3, 0.4) is 0 Å². The number of rotatable bonds is 8. The van der Waals surface area contributed by atoms with Crippen LogP contribution in [0.4, 0.5) is 0 Å². The molecule has 0 aliphatic carbocycles. The van der Waals surface area contributed by atoms with Gasteiger partial charge < -0.3 is 38.8 Å². The Balaban J connectivity index is 2.18. The van der Waals surface area contributed by atoms with Crippen molar-refractivity contribution in [2.75, 3.05) is 21.2 Å². The quantitative estimate of drug-likeness (QED) is 0.383. The first-order chi connectivity index (χ1) is 22.8. The highest BCUT2D eigenvalue weighted by Crippen LogP contribution is 2.39. The van der Waals surface area contributed by atoms with Crippen LogP contribution in [0.25, 0.3) is 0 Å². The van der Waals surface area contributed by atoms with Gasteiger partial charge in [-0.15, -0.1) is 0 Å². The third-order valence-electron chi connectivity index (χ3n) is 10.2. The van der Waals surface area contributed by atoms with Crippen molar-refractivity contribution in [2.45, 2.75) is 135 Å². The van der Waals surface area contributed by atoms with Gasteiger partial charge in [-0.05, 0) is 91.3 Å². The van der Waals surface area contributed by atoms with Gasteiger partial charge in [0.05, 0.1) is 30.1 Å². The van der Waals surface area contributed by atoms with Crippen LogP contribution in [-0.4, -0.2) is 113 Å². The maximum atomic E-state index is 13.9. The number of likely N-dealkylation sites (N-methyl/N-ethyl adjacent to an activating group) is 1. The summed E-state index contributed by atoms with van der Waals surface area (Å²) < 4.78 is 31.1. The molecule has 0 spiro atoms. The number of esters is 2. The van der Waals surface area contributed by atoms with E-state index in [1.54, 1.807) is 66.1 Å². The van der Waals surface area contributed by atoms with Gasteiger partial charge in [-0.2, -0.15) is 0 Å². The lowest BCUT2D eigenvalue weighted by molar-refractivity contribution is -0.301. The highest BCUT2D eigenvalue weighted by Gasteiger charge is 2.51. The highest BCUT2D eigenvalue weighted by molar-refractivity contribution is 5.96. The zero-order valence-electron chi connectivity index (χ0n) is 31.0. The van der Waals surface area contributed by atoms with Crippen LogP contribution in [0.1, 0.15) is 80.2 Å². The Morgan fingerprint density at radius 3 is 2.41 bits per heavy atom. The number of Topliss-reactive ketones (excluding diaryl/α,β-unsaturated/α-hetero) is 1. The maximum absolute atomic E-state index is 13.9. The van der Waals surface area contributed by atoms with Crippen molar-refractivity contribution in [1.82, 2.24) is 9.88 Å². The molecule has 3 rings (SSSR count). The van der Waals surface area contributed by atoms with Crippen molar-refractivity contribution in [3.63, 3.8) is 0 Å². The molecule has 2 N–H and O–H groups in total. The number of allylic oxidation sites excluding steroid dienone is 1. The zero-order valence-corrected chi connectivity index (χ0v) is 31.0. The molecule has 2 aliphatic heterocycles. The topological polar surface area (TPSA) is 154 Å². The molecule has 1 aromatic heterocycles. The Bertz CT molecular complexity index is 1300. The number of pyridine rings is 1. The Hall–Kier alpha value is -2.74. The first-order valence-corrected chi connectivity index (χ1v) is 17.3. The number of carbonyl (C=O) groups excluding carboxylic acids is 3. The Morgan fingerprint density at radius 1 is 1.16 bits per heavy atom. The fraction of sp³-hybridized carbons (Fsp3) is 0.730. The largest absolute Gasteiger partial charge is 0.461 e. The number of methoxy groups -OCH3 is 1. The standard InChI is InChI=1S/C37H58N2O10/c1-12-28-36(7,44)18-21(2)30(41)22(3)19-37(8,45-11)33(49-35-31(42)27(39(9)10)16-23(4)46-35)24(5)32(25(6)34(43)47-28)48-29(40)17-26-14-13-15-38-20-26/h13-15,18,20,22-25,27-28,31-33,35,42,44H,12,16-17,19H2,1-11H3/b21-18+/t22-,23-,24+,25-,27+,28-,31-,32+,33-,35+,36+,37-/m1/s1. The van der Waals surface area contributed by atoms with Crippen LogP contribution in [0.5, 0.6) is 0 Å². The number of cyclic esters (lactones) is 1. The minimum absolute atomic E-state index is 0.0969. The summed E-state index contributed by atoms with van der Waals surface area (Å²) in [5.41, 5.74) is -1.93. The van der Waals surface area contributed by atoms with E-state index in [0.29, 0.717) is 17.6 Å². The van der Waals surface area contributed by atoms with E-state index in [4.69, 9.17) is 23.7 Å². The van der Waals surface area contributed by atoms with Gasteiger partial charge in [0.1, 0.15) is 23.9 Å². The predicted molar refractivity (Wildman–Crippen MR) is 182 cm³/mol. The summed E-state index contributed by atoms with van der Waals surface area (Å²) in [6, 6.07) is 3.20. The van der Waals surface area contributed by atoms with E-state index < -0.39 is 71.6 Å². The lowest BCUT2D eigenvalue weighted by Gasteiger charge is -2.48. The second-order valence-electron chi connectivity index (χ2n) is 14.6. The van der Waals surface area contributed by atoms with E-state index in [-0.39, 0.29) is 37.2 Å². The molecule has 0 amide bonds. The molecule has 0 radical (unpaired) electrons. The number of aliphatic hydroxyl groups is 2. The summed E-state index contributed by atoms with van der Waals surface area (Å²) in [5.74, 6) is -3.91. The third-order valence-corrected chi connectivity index (χ3v) is 10.2. The van der Waals surface area contributed by atoms with Gasteiger partial charge in [-0.1, -0.05) is 26.8 Å². The summed E-state index contributed by atoms with van der Waals surface area (Å²) in [6.07, 6.45) is 0.0314. The average molecular weight is 691 g/mol. The number of nitrogens with zero attached hydrogens (tertiary/aromatic N) is 2. The van der Waals surface area contributed by atoms with Crippen LogP contribution in [0.2, 0.25) is 0 Å². The predicted octanol–water partition coefficient (Wildman–Crippen LogP) is 3.65. The summed E-state index contributed by atoms with van der Waals surface area (Å²) in [6.45, 7) is 13.8. The van der Waals surface area contributed by atoms with E-state index in [1.807, 2.05) is 25.9 Å². The van der Waals surface area contributed by atoms with Crippen molar-refractivity contribution >= 4 is 17.7 Å². The number of aliphatic hydroxyl groups excluding tert-OH is 1. The van der Waals surface area contributed by atoms with Crippen molar-refractivity contribution < 1.29 is 48.3 Å². The molecule has 0 aromatic carbocycles. The molecule has 1 fully saturated rings. The monoisotopic (exact) mass is 690 g/mol. The zero-order chi connectivity index (χ0) is 36.8. The molecule has 12 nitrogen and oxygen atoms in total. The molecule has 2 aliphatic rings. The van der Waals surface area contributed by atoms with Crippen molar-refractivity contribution in [1.29, 1.82) is 0 Å². The fourth-order valence-corrected chi connectivity index (χ4v) is 7.33. The molecule has 1 saturated heterocycles. The highest BCUT2D eigenvalue weighted by atomic mass is 16.7. The number of hydrogen-bond acceptors (Lipinski definition) is 12. The van der Waals surface area contributed by atoms with Crippen LogP contribution >= 0.6 is 0 Å². The third kappa shape index (κ3) is 9.95. The molecular formula is C37H58N2O10. The second-order valence-corrected chi connectivity index (χ2v) is 14.6. The van der Waals surface area contributed by atoms with Crippen LogP contribution in [-0.2, 0) is 44.5 Å². The van der Waals surface area contributed by atoms with Crippen molar-refractivity contribution in [3.05, 3.63) is 41.7 Å². The van der Waals surface area contributed by atoms with Gasteiger partial charge in [0.2, 0.25) is 0 Å². The number of carbonyl (C=O) groups is 3. The van der Waals surface area contributed by atoms with Crippen LogP contribution in [0, 0.1) is 17.8 Å². The molecule has 0 saturated carbocycles. The van der Waals surface area contributed by atoms with Gasteiger partial charge in [-0.3, -0.25) is 19.4 Å². The molecule has 1 aromatic rings. The van der Waals surface area contributed by atoms with Crippen LogP contribution in [0.15, 0.2) is 36.2 Å². The summed E-state index contributed by atoms with van der Waals surface area (Å²) in [4.78, 5) is 47.2. The van der Waals surface area contributed by atoms with Crippen LogP contribution < -0.4 is 0 Å². The fourth-order valence-electron chi connectivity index (χ4n) is 7.33. The molecule has 12 atom stereocenters. The number of aromatic nitrogens is 1. The first kappa shape index (κ1) is 40.7. The molecule has 0 bridgehead atoms. The molecular weight excluding hydrogens is 632 g/mol. The second kappa shape index (κ2) is 17.0. The Kier molecular flexibility index (Phi) is 14.1. The van der Waals surface area contributed by atoms with Gasteiger partial charge in [0.15, 0.2) is 12.1 Å². The summed E-state index contributed by atoms with van der Waals surface area (Å²) >= 11 is 0. The number of hydrogen-bond donors (Lipinski definition) is 2. The number of ether oxygens (including phenoxy) is 5. The van der Waals surface area contributed by atoms with Gasteiger partial charge >= 0.3 is 11.9 Å². The van der Waals surface area contributed by atoms with E-state index in [1.165, 1.54) is 20.1 Å². The molecule has 276 valence electrons. The van der Waals surface area contributed by atoms with E-state index in [0.717, 1.165) is 0 Å². The normalized spacial score (nSPS) is 39.4. The van der Waals surface area contributed by atoms with E-state index in [9.17, 15) is 24.6 Å². The SMILES string of the molecule is CC[C@H]1OC(=O)[C@H](C)[C@@H](OC(=O)Cc2cccnc2)[C@H](C)[C@@H](O[C@@H]2O[C@H](C)C[C@H](N(C)C)[C@H]2O)[C@](C)(OC)C[C@@H](C)C(=O)/C(C)=C/[C@]1(C)O. The van der Waals surface area contributed by atoms with E-state index in [2.05, 4.69) is 4.98 Å². The smallest absolute Gasteiger partial charge is 0.312 e. The Morgan fingerprint density at radius 2 is 1.84 bits per heavy atom. The maximum Gasteiger partial charge on any atom is 0.312 e. The molecule has 49 heavy (non-hydrogen) atoms. The Labute approximate surface area is 291 Å². The van der Waals surface area contributed by atoms with E-state index >= 15 is 0 Å². The lowest BCUT2D eigenvalue weighted by atomic mass is 9.76. The molecule has 12 heteroatoms. The molecule has 3 heterocycles. The first-order valence-electron chi connectivity index (χ1n) is 17.3. The molecule has 0 unspecified atom stereocenters. The minimum Gasteiger partial charge on any atom is -0.461 e. The number of ketones is 1. The summed E-state index contributed by atoms with van der Waals surface area (Å²) in [5, 5.41) is 22.9. The summed E-state index contributed by atoms with van der Waals surface area (Å²) in [7, 11) is 5.26. The van der Waals surface area contributed by atoms with Crippen molar-refractivity contribution in [2.24, 2.45) is 17.8 Å².